The lowest BCUT2D eigenvalue weighted by Crippen LogP contribution is -2.41. The highest BCUT2D eigenvalue weighted by atomic mass is 32.1. The van der Waals surface area contributed by atoms with Crippen LogP contribution in [0.3, 0.4) is 0 Å². The highest BCUT2D eigenvalue weighted by molar-refractivity contribution is 7.16. The summed E-state index contributed by atoms with van der Waals surface area (Å²) in [7, 11) is 1.53. The number of carbonyl (C=O) groups excluding carboxylic acids is 2. The van der Waals surface area contributed by atoms with Gasteiger partial charge >= 0.3 is 6.09 Å². The van der Waals surface area contributed by atoms with Crippen molar-refractivity contribution in [3.8, 4) is 16.3 Å². The first-order valence-corrected chi connectivity index (χ1v) is 13.1. The van der Waals surface area contributed by atoms with Crippen LogP contribution in [-0.2, 0) is 4.74 Å². The number of ether oxygens (including phenoxy) is 1. The maximum Gasteiger partial charge on any atom is 0.414 e. The van der Waals surface area contributed by atoms with Crippen LogP contribution in [0.25, 0.3) is 27.3 Å². The summed E-state index contributed by atoms with van der Waals surface area (Å²) in [5, 5.41) is 7.09. The number of hydrogen-bond acceptors (Lipinski definition) is 8. The molecule has 1 N–H and O–H groups in total. The molecule has 1 atom stereocenters. The minimum atomic E-state index is -1.10. The summed E-state index contributed by atoms with van der Waals surface area (Å²) in [6, 6.07) is 8.17. The summed E-state index contributed by atoms with van der Waals surface area (Å²) >= 11 is 1.16. The molecule has 3 aromatic heterocycles. The van der Waals surface area contributed by atoms with Gasteiger partial charge in [0.15, 0.2) is 16.8 Å². The lowest BCUT2D eigenvalue weighted by Gasteiger charge is -2.34. The molecule has 0 spiro atoms. The van der Waals surface area contributed by atoms with Crippen molar-refractivity contribution in [3.63, 3.8) is 0 Å². The minimum Gasteiger partial charge on any atom is -0.449 e. The third kappa shape index (κ3) is 4.18. The molecule has 1 fully saturated rings. The van der Waals surface area contributed by atoms with E-state index < -0.39 is 23.8 Å². The second-order valence-corrected chi connectivity index (χ2v) is 10.2. The number of rotatable bonds is 5. The van der Waals surface area contributed by atoms with E-state index in [0.29, 0.717) is 39.0 Å². The van der Waals surface area contributed by atoms with E-state index in [1.807, 2.05) is 32.0 Å². The summed E-state index contributed by atoms with van der Waals surface area (Å²) in [6.07, 6.45) is 1.07. The molecule has 204 valence electrons. The lowest BCUT2D eigenvalue weighted by molar-refractivity contribution is 0.0966. The third-order valence-corrected chi connectivity index (χ3v) is 7.72. The number of benzene rings is 2. The molecule has 1 aliphatic rings. The summed E-state index contributed by atoms with van der Waals surface area (Å²) < 4.78 is 40.4. The normalized spacial score (nSPS) is 15.5. The number of amides is 2. The molecule has 6 rings (SSSR count). The molecule has 0 aliphatic carbocycles. The van der Waals surface area contributed by atoms with Gasteiger partial charge in [-0.1, -0.05) is 22.6 Å². The molecular formula is C27H22F2N6O4S. The van der Waals surface area contributed by atoms with Crippen LogP contribution >= 0.6 is 11.3 Å². The van der Waals surface area contributed by atoms with E-state index in [0.717, 1.165) is 40.3 Å². The molecule has 1 aliphatic heterocycles. The topological polar surface area (TPSA) is 115 Å². The van der Waals surface area contributed by atoms with Crippen LogP contribution in [0.4, 0.5) is 19.3 Å². The molecule has 0 unspecified atom stereocenters. The van der Waals surface area contributed by atoms with E-state index in [1.165, 1.54) is 24.2 Å². The van der Waals surface area contributed by atoms with Crippen LogP contribution in [-0.4, -0.2) is 45.3 Å². The molecule has 4 heterocycles. The first kappa shape index (κ1) is 25.6. The second-order valence-electron chi connectivity index (χ2n) is 9.18. The zero-order valence-corrected chi connectivity index (χ0v) is 22.4. The number of anilines is 1. The van der Waals surface area contributed by atoms with Crippen molar-refractivity contribution in [1.29, 1.82) is 0 Å². The number of nitrogens with one attached hydrogen (secondary N) is 1. The van der Waals surface area contributed by atoms with Gasteiger partial charge in [0.25, 0.3) is 5.91 Å². The fraction of sp³-hybridized carbons (Fsp3) is 0.222. The Morgan fingerprint density at radius 2 is 1.98 bits per heavy atom. The van der Waals surface area contributed by atoms with E-state index in [4.69, 9.17) is 14.2 Å². The van der Waals surface area contributed by atoms with Crippen molar-refractivity contribution in [2.45, 2.75) is 26.3 Å². The Bertz CT molecular complexity index is 1780. The molecule has 2 aromatic carbocycles. The lowest BCUT2D eigenvalue weighted by atomic mass is 10.0. The van der Waals surface area contributed by atoms with Crippen molar-refractivity contribution in [1.82, 2.24) is 25.0 Å². The number of carbonyl (C=O) groups is 2. The van der Waals surface area contributed by atoms with Gasteiger partial charge in [-0.3, -0.25) is 14.3 Å². The standard InChI is InChI=1S/C27H22F2N6O4S/c1-13-23(14(2)39-33-13)15-4-7-20-19(10-15)32-24(35(20)26-31-12-22(40-26)25(36)30-3)21-8-9-38-27(37)34(21)16-5-6-17(28)18(29)11-16/h4-7,10-12,21H,8-9H2,1-3H3,(H,30,36)/t21-/m0/s1. The number of hydrogen-bond donors (Lipinski definition) is 1. The van der Waals surface area contributed by atoms with Crippen LogP contribution in [0.1, 0.15) is 39.4 Å². The Balaban J connectivity index is 1.56. The molecule has 0 bridgehead atoms. The van der Waals surface area contributed by atoms with E-state index in [1.54, 1.807) is 4.57 Å². The van der Waals surface area contributed by atoms with Crippen LogP contribution in [0, 0.1) is 25.5 Å². The number of aromatic nitrogens is 4. The number of thiazole rings is 1. The Kier molecular flexibility index (Phi) is 6.29. The van der Waals surface area contributed by atoms with Gasteiger partial charge in [0.05, 0.1) is 35.2 Å². The number of halogens is 2. The van der Waals surface area contributed by atoms with Crippen LogP contribution in [0.2, 0.25) is 0 Å². The Hall–Kier alpha value is -4.65. The van der Waals surface area contributed by atoms with Gasteiger partial charge in [-0.25, -0.2) is 23.5 Å². The van der Waals surface area contributed by atoms with Crippen LogP contribution in [0.15, 0.2) is 47.1 Å². The molecule has 0 saturated carbocycles. The van der Waals surface area contributed by atoms with E-state index in [9.17, 15) is 18.4 Å². The first-order chi connectivity index (χ1) is 19.3. The molecule has 0 radical (unpaired) electrons. The van der Waals surface area contributed by atoms with Crippen molar-refractivity contribution in [3.05, 3.63) is 76.4 Å². The Labute approximate surface area is 230 Å². The van der Waals surface area contributed by atoms with Gasteiger partial charge in [-0.15, -0.1) is 0 Å². The Morgan fingerprint density at radius 1 is 1.15 bits per heavy atom. The summed E-state index contributed by atoms with van der Waals surface area (Å²) in [4.78, 5) is 36.4. The molecule has 13 heteroatoms. The summed E-state index contributed by atoms with van der Waals surface area (Å²) in [5.74, 6) is -1.34. The summed E-state index contributed by atoms with van der Waals surface area (Å²) in [6.45, 7) is 3.77. The molecule has 40 heavy (non-hydrogen) atoms. The molecular weight excluding hydrogens is 542 g/mol. The van der Waals surface area contributed by atoms with Crippen molar-refractivity contribution >= 4 is 40.1 Å². The first-order valence-electron chi connectivity index (χ1n) is 12.3. The molecule has 2 amide bonds. The Morgan fingerprint density at radius 3 is 2.70 bits per heavy atom. The molecule has 1 saturated heterocycles. The largest absolute Gasteiger partial charge is 0.449 e. The second kappa shape index (κ2) is 9.83. The average molecular weight is 565 g/mol. The average Bonchev–Trinajstić information content (AvgIpc) is 3.66. The van der Waals surface area contributed by atoms with Crippen molar-refractivity contribution < 1.29 is 27.6 Å². The summed E-state index contributed by atoms with van der Waals surface area (Å²) in [5.41, 5.74) is 3.80. The van der Waals surface area contributed by atoms with E-state index >= 15 is 0 Å². The van der Waals surface area contributed by atoms with E-state index in [2.05, 4.69) is 15.5 Å². The number of cyclic esters (lactones) is 1. The SMILES string of the molecule is CNC(=O)c1cnc(-n2c([C@@H]3CCOC(=O)N3c3ccc(F)c(F)c3)nc3cc(-c4c(C)noc4C)ccc32)s1. The van der Waals surface area contributed by atoms with Gasteiger partial charge in [0.1, 0.15) is 22.5 Å². The fourth-order valence-electron chi connectivity index (χ4n) is 4.92. The van der Waals surface area contributed by atoms with Gasteiger partial charge in [0, 0.05) is 25.1 Å². The third-order valence-electron chi connectivity index (χ3n) is 6.74. The minimum absolute atomic E-state index is 0.0958. The maximum absolute atomic E-state index is 14.2. The predicted octanol–water partition coefficient (Wildman–Crippen LogP) is 5.48. The van der Waals surface area contributed by atoms with E-state index in [-0.39, 0.29) is 18.2 Å². The highest BCUT2D eigenvalue weighted by Gasteiger charge is 2.37. The number of nitrogens with zero attached hydrogens (tertiary/aromatic N) is 5. The van der Waals surface area contributed by atoms with Crippen LogP contribution < -0.4 is 10.2 Å². The van der Waals surface area contributed by atoms with Crippen LogP contribution in [0.5, 0.6) is 0 Å². The number of aryl methyl sites for hydroxylation is 2. The zero-order chi connectivity index (χ0) is 28.1. The van der Waals surface area contributed by atoms with Gasteiger partial charge in [-0.05, 0) is 43.7 Å². The molecule has 10 nitrogen and oxygen atoms in total. The van der Waals surface area contributed by atoms with Crippen molar-refractivity contribution in [2.75, 3.05) is 18.6 Å². The number of imidazole rings is 1. The molecule has 5 aromatic rings. The fourth-order valence-corrected chi connectivity index (χ4v) is 5.80. The monoisotopic (exact) mass is 564 g/mol. The van der Waals surface area contributed by atoms with Crippen molar-refractivity contribution in [2.24, 2.45) is 0 Å². The smallest absolute Gasteiger partial charge is 0.414 e. The maximum atomic E-state index is 14.2. The predicted molar refractivity (Wildman–Crippen MR) is 143 cm³/mol. The number of fused-ring (bicyclic) bond motifs is 1. The zero-order valence-electron chi connectivity index (χ0n) is 21.6. The van der Waals surface area contributed by atoms with Gasteiger partial charge in [0.2, 0.25) is 0 Å². The highest BCUT2D eigenvalue weighted by Crippen LogP contribution is 2.38. The van der Waals surface area contributed by atoms with Gasteiger partial charge in [-0.2, -0.15) is 0 Å². The van der Waals surface area contributed by atoms with Gasteiger partial charge < -0.3 is 14.6 Å². The quantitative estimate of drug-likeness (QED) is 0.301.